The van der Waals surface area contributed by atoms with Crippen molar-refractivity contribution in [1.82, 2.24) is 9.78 Å². The lowest BCUT2D eigenvalue weighted by Gasteiger charge is -2.30. The molecule has 1 heterocycles. The third kappa shape index (κ3) is 5.70. The van der Waals surface area contributed by atoms with Gasteiger partial charge in [-0.15, -0.1) is 0 Å². The van der Waals surface area contributed by atoms with E-state index in [0.717, 1.165) is 64.5 Å². The van der Waals surface area contributed by atoms with Crippen LogP contribution in [0.3, 0.4) is 0 Å². The molecule has 38 heavy (non-hydrogen) atoms. The summed E-state index contributed by atoms with van der Waals surface area (Å²) in [4.78, 5) is 27.3. The second-order valence-corrected chi connectivity index (χ2v) is 9.95. The first-order valence-corrected chi connectivity index (χ1v) is 13.2. The number of esters is 1. The number of fused-ring (bicyclic) bond motifs is 1. The smallest absolute Gasteiger partial charge is 0.330 e. The molecule has 1 aliphatic carbocycles. The number of rotatable bonds is 7. The Hall–Kier alpha value is -4.19. The second kappa shape index (κ2) is 11.5. The number of carbonyl (C=O) groups is 2. The Balaban J connectivity index is 1.41. The van der Waals surface area contributed by atoms with Gasteiger partial charge >= 0.3 is 5.97 Å². The maximum atomic E-state index is 13.8. The minimum Gasteiger partial charge on any atom is -0.466 e. The maximum Gasteiger partial charge on any atom is 0.330 e. The second-order valence-electron chi connectivity index (χ2n) is 9.95. The number of aryl methyl sites for hydroxylation is 1. The summed E-state index contributed by atoms with van der Waals surface area (Å²) in [6.07, 6.45) is 10.3. The number of anilines is 1. The van der Waals surface area contributed by atoms with Crippen LogP contribution in [0.2, 0.25) is 0 Å². The van der Waals surface area contributed by atoms with E-state index in [0.29, 0.717) is 6.54 Å². The highest BCUT2D eigenvalue weighted by molar-refractivity contribution is 5.95. The molecule has 1 aromatic heterocycles. The average molecular weight is 508 g/mol. The van der Waals surface area contributed by atoms with Gasteiger partial charge in [-0.25, -0.2) is 4.79 Å². The summed E-state index contributed by atoms with van der Waals surface area (Å²) in [5, 5.41) is 5.45. The molecule has 1 saturated carbocycles. The van der Waals surface area contributed by atoms with Crippen molar-refractivity contribution < 1.29 is 14.3 Å². The van der Waals surface area contributed by atoms with Gasteiger partial charge in [-0.2, -0.15) is 5.10 Å². The maximum absolute atomic E-state index is 13.8. The van der Waals surface area contributed by atoms with Crippen molar-refractivity contribution in [2.24, 2.45) is 13.0 Å². The Bertz CT molecular complexity index is 1460. The summed E-state index contributed by atoms with van der Waals surface area (Å²) >= 11 is 0. The highest BCUT2D eigenvalue weighted by Gasteiger charge is 2.27. The SMILES string of the molecule is COC(=O)/C=C/c1cccc(N(Cc2ccc(-c3ccc4c(cnn4C)c3)cc2)C(=O)C2CCCCC2)c1. The highest BCUT2D eigenvalue weighted by atomic mass is 16.5. The predicted molar refractivity (Wildman–Crippen MR) is 151 cm³/mol. The predicted octanol–water partition coefficient (Wildman–Crippen LogP) is 6.54. The van der Waals surface area contributed by atoms with E-state index in [1.807, 2.05) is 47.1 Å². The first-order valence-electron chi connectivity index (χ1n) is 13.2. The molecule has 0 radical (unpaired) electrons. The molecule has 1 amide bonds. The molecule has 0 unspecified atom stereocenters. The standard InChI is InChI=1S/C32H33N3O3/c1-34-30-17-16-27(20-28(30)21-33-34)25-14-11-24(12-15-25)22-35(32(37)26-8-4-3-5-9-26)29-10-6-7-23(19-29)13-18-31(36)38-2/h6-7,10-21,26H,3-5,8-9,22H2,1-2H3/b18-13+. The van der Waals surface area contributed by atoms with Gasteiger partial charge in [-0.05, 0) is 65.4 Å². The van der Waals surface area contributed by atoms with Crippen LogP contribution < -0.4 is 4.90 Å². The first kappa shape index (κ1) is 25.5. The van der Waals surface area contributed by atoms with Gasteiger partial charge in [0.2, 0.25) is 5.91 Å². The van der Waals surface area contributed by atoms with Crippen molar-refractivity contribution in [2.75, 3.05) is 12.0 Å². The van der Waals surface area contributed by atoms with Gasteiger partial charge in [0.25, 0.3) is 0 Å². The molecule has 6 heteroatoms. The molecular weight excluding hydrogens is 474 g/mol. The van der Waals surface area contributed by atoms with Gasteiger partial charge in [0, 0.05) is 30.1 Å². The summed E-state index contributed by atoms with van der Waals surface area (Å²) in [5.74, 6) is -0.193. The Morgan fingerprint density at radius 3 is 2.53 bits per heavy atom. The summed E-state index contributed by atoms with van der Waals surface area (Å²) in [5.41, 5.74) is 6.10. The van der Waals surface area contributed by atoms with Gasteiger partial charge in [-0.3, -0.25) is 9.48 Å². The summed E-state index contributed by atoms with van der Waals surface area (Å²) < 4.78 is 6.59. The van der Waals surface area contributed by atoms with Crippen LogP contribution in [0, 0.1) is 5.92 Å². The first-order chi connectivity index (χ1) is 18.5. The summed E-state index contributed by atoms with van der Waals surface area (Å²) in [6, 6.07) is 22.6. The third-order valence-electron chi connectivity index (χ3n) is 7.39. The van der Waals surface area contributed by atoms with Gasteiger partial charge in [0.05, 0.1) is 25.4 Å². The number of aromatic nitrogens is 2. The van der Waals surface area contributed by atoms with E-state index in [9.17, 15) is 9.59 Å². The van der Waals surface area contributed by atoms with Gasteiger partial charge < -0.3 is 9.64 Å². The van der Waals surface area contributed by atoms with Crippen LogP contribution in [0.15, 0.2) is 79.0 Å². The number of ether oxygens (including phenoxy) is 1. The van der Waals surface area contributed by atoms with Crippen LogP contribution in [0.5, 0.6) is 0 Å². The average Bonchev–Trinajstić information content (AvgIpc) is 3.35. The minimum atomic E-state index is -0.409. The number of methoxy groups -OCH3 is 1. The van der Waals surface area contributed by atoms with E-state index < -0.39 is 5.97 Å². The van der Waals surface area contributed by atoms with Crippen molar-refractivity contribution >= 4 is 34.5 Å². The van der Waals surface area contributed by atoms with Crippen molar-refractivity contribution in [3.8, 4) is 11.1 Å². The van der Waals surface area contributed by atoms with Crippen LogP contribution in [0.25, 0.3) is 28.1 Å². The third-order valence-corrected chi connectivity index (χ3v) is 7.39. The molecular formula is C32H33N3O3. The van der Waals surface area contributed by atoms with E-state index in [4.69, 9.17) is 4.74 Å². The fraction of sp³-hybridized carbons (Fsp3) is 0.281. The fourth-order valence-electron chi connectivity index (χ4n) is 5.22. The number of benzene rings is 3. The molecule has 5 rings (SSSR count). The monoisotopic (exact) mass is 507 g/mol. The number of amides is 1. The van der Waals surface area contributed by atoms with Crippen LogP contribution in [0.1, 0.15) is 43.2 Å². The minimum absolute atomic E-state index is 0.0449. The fourth-order valence-corrected chi connectivity index (χ4v) is 5.22. The number of carbonyl (C=O) groups excluding carboxylic acids is 2. The lowest BCUT2D eigenvalue weighted by Crippen LogP contribution is -2.36. The zero-order valence-electron chi connectivity index (χ0n) is 22.0. The van der Waals surface area contributed by atoms with Crippen LogP contribution in [-0.4, -0.2) is 28.8 Å². The molecule has 1 fully saturated rings. The number of hydrogen-bond donors (Lipinski definition) is 0. The topological polar surface area (TPSA) is 64.4 Å². The molecule has 0 saturated heterocycles. The van der Waals surface area contributed by atoms with E-state index in [1.54, 1.807) is 6.08 Å². The largest absolute Gasteiger partial charge is 0.466 e. The molecule has 0 spiro atoms. The summed E-state index contributed by atoms with van der Waals surface area (Å²) in [7, 11) is 3.30. The lowest BCUT2D eigenvalue weighted by atomic mass is 9.88. The highest BCUT2D eigenvalue weighted by Crippen LogP contribution is 2.30. The Morgan fingerprint density at radius 1 is 1.00 bits per heavy atom. The molecule has 3 aromatic carbocycles. The van der Waals surface area contributed by atoms with Crippen LogP contribution in [-0.2, 0) is 27.9 Å². The van der Waals surface area contributed by atoms with Crippen molar-refractivity contribution in [3.63, 3.8) is 0 Å². The zero-order valence-corrected chi connectivity index (χ0v) is 22.0. The van der Waals surface area contributed by atoms with Gasteiger partial charge in [-0.1, -0.05) is 61.7 Å². The normalized spacial score (nSPS) is 14.2. The molecule has 0 bridgehead atoms. The molecule has 4 aromatic rings. The van der Waals surface area contributed by atoms with Gasteiger partial charge in [0.15, 0.2) is 0 Å². The Labute approximate surface area is 223 Å². The van der Waals surface area contributed by atoms with Crippen molar-refractivity contribution in [3.05, 3.63) is 90.1 Å². The van der Waals surface area contributed by atoms with Crippen LogP contribution >= 0.6 is 0 Å². The molecule has 6 nitrogen and oxygen atoms in total. The van der Waals surface area contributed by atoms with E-state index in [-0.39, 0.29) is 11.8 Å². The molecule has 0 N–H and O–H groups in total. The Kier molecular flexibility index (Phi) is 7.68. The van der Waals surface area contributed by atoms with Crippen LogP contribution in [0.4, 0.5) is 5.69 Å². The van der Waals surface area contributed by atoms with E-state index in [1.165, 1.54) is 19.6 Å². The molecule has 1 aliphatic rings. The Morgan fingerprint density at radius 2 is 1.76 bits per heavy atom. The lowest BCUT2D eigenvalue weighted by molar-refractivity contribution is -0.134. The number of hydrogen-bond acceptors (Lipinski definition) is 4. The van der Waals surface area contributed by atoms with Crippen molar-refractivity contribution in [1.29, 1.82) is 0 Å². The number of nitrogens with zero attached hydrogens (tertiary/aromatic N) is 3. The zero-order chi connectivity index (χ0) is 26.5. The van der Waals surface area contributed by atoms with Gasteiger partial charge in [0.1, 0.15) is 0 Å². The molecule has 0 aliphatic heterocycles. The summed E-state index contributed by atoms with van der Waals surface area (Å²) in [6.45, 7) is 0.488. The quantitative estimate of drug-likeness (QED) is 0.210. The molecule has 194 valence electrons. The van der Waals surface area contributed by atoms with Crippen molar-refractivity contribution in [2.45, 2.75) is 38.6 Å². The molecule has 0 atom stereocenters. The van der Waals surface area contributed by atoms with E-state index >= 15 is 0 Å². The van der Waals surface area contributed by atoms with E-state index in [2.05, 4.69) is 47.6 Å².